The average molecular weight is 316 g/mol. The Morgan fingerprint density at radius 2 is 2.24 bits per heavy atom. The SMILES string of the molecule is CCCOCCCNS(=O)(=O)c1[nH]ncc1CNC1CC1. The largest absolute Gasteiger partial charge is 0.381 e. The van der Waals surface area contributed by atoms with Crippen LogP contribution in [-0.4, -0.2) is 44.4 Å². The van der Waals surface area contributed by atoms with Gasteiger partial charge in [-0.25, -0.2) is 13.1 Å². The first-order valence-electron chi connectivity index (χ1n) is 7.46. The van der Waals surface area contributed by atoms with Crippen molar-refractivity contribution in [1.29, 1.82) is 0 Å². The standard InChI is InChI=1S/C13H24N4O3S/c1-2-7-20-8-3-6-16-21(18,19)13-11(10-15-17-13)9-14-12-4-5-12/h10,12,14,16H,2-9H2,1H3,(H,15,17). The van der Waals surface area contributed by atoms with E-state index < -0.39 is 10.0 Å². The summed E-state index contributed by atoms with van der Waals surface area (Å²) in [4.78, 5) is 0. The van der Waals surface area contributed by atoms with Gasteiger partial charge < -0.3 is 10.1 Å². The predicted molar refractivity (Wildman–Crippen MR) is 79.4 cm³/mol. The van der Waals surface area contributed by atoms with Crippen molar-refractivity contribution in [2.24, 2.45) is 0 Å². The highest BCUT2D eigenvalue weighted by molar-refractivity contribution is 7.89. The summed E-state index contributed by atoms with van der Waals surface area (Å²) in [5.74, 6) is 0. The zero-order valence-corrected chi connectivity index (χ0v) is 13.2. The maximum absolute atomic E-state index is 12.2. The molecule has 8 heteroatoms. The number of H-pyrrole nitrogens is 1. The molecular weight excluding hydrogens is 292 g/mol. The van der Waals surface area contributed by atoms with Gasteiger partial charge in [0.05, 0.1) is 6.20 Å². The van der Waals surface area contributed by atoms with Gasteiger partial charge in [-0.3, -0.25) is 5.10 Å². The van der Waals surface area contributed by atoms with Crippen molar-refractivity contribution in [1.82, 2.24) is 20.2 Å². The van der Waals surface area contributed by atoms with Crippen molar-refractivity contribution in [3.8, 4) is 0 Å². The molecule has 7 nitrogen and oxygen atoms in total. The van der Waals surface area contributed by atoms with E-state index in [-0.39, 0.29) is 5.03 Å². The summed E-state index contributed by atoms with van der Waals surface area (Å²) in [6.45, 7) is 4.20. The number of hydrogen-bond donors (Lipinski definition) is 3. The van der Waals surface area contributed by atoms with Crippen LogP contribution in [0.1, 0.15) is 38.2 Å². The Morgan fingerprint density at radius 3 is 2.95 bits per heavy atom. The van der Waals surface area contributed by atoms with E-state index in [9.17, 15) is 8.42 Å². The quantitative estimate of drug-likeness (QED) is 0.524. The lowest BCUT2D eigenvalue weighted by Gasteiger charge is -2.08. The molecule has 0 saturated heterocycles. The van der Waals surface area contributed by atoms with Gasteiger partial charge in [0, 0.05) is 37.9 Å². The second-order valence-corrected chi connectivity index (χ2v) is 6.95. The van der Waals surface area contributed by atoms with Gasteiger partial charge in [0.2, 0.25) is 0 Å². The fraction of sp³-hybridized carbons (Fsp3) is 0.769. The van der Waals surface area contributed by atoms with Crippen molar-refractivity contribution in [2.75, 3.05) is 19.8 Å². The summed E-state index contributed by atoms with van der Waals surface area (Å²) >= 11 is 0. The van der Waals surface area contributed by atoms with Crippen LogP contribution in [0.15, 0.2) is 11.2 Å². The molecule has 1 aliphatic rings. The summed E-state index contributed by atoms with van der Waals surface area (Å²) in [6, 6.07) is 0.527. The van der Waals surface area contributed by atoms with Gasteiger partial charge in [-0.2, -0.15) is 5.10 Å². The zero-order valence-electron chi connectivity index (χ0n) is 12.4. The fourth-order valence-corrected chi connectivity index (χ4v) is 3.10. The zero-order chi connectivity index (χ0) is 15.1. The van der Waals surface area contributed by atoms with Crippen LogP contribution in [0.5, 0.6) is 0 Å². The van der Waals surface area contributed by atoms with Crippen molar-refractivity contribution in [3.63, 3.8) is 0 Å². The van der Waals surface area contributed by atoms with Crippen LogP contribution >= 0.6 is 0 Å². The number of nitrogens with zero attached hydrogens (tertiary/aromatic N) is 1. The van der Waals surface area contributed by atoms with E-state index in [1.807, 2.05) is 6.92 Å². The van der Waals surface area contributed by atoms with E-state index in [1.54, 1.807) is 6.20 Å². The number of hydrogen-bond acceptors (Lipinski definition) is 5. The summed E-state index contributed by atoms with van der Waals surface area (Å²) in [7, 11) is -3.53. The lowest BCUT2D eigenvalue weighted by Crippen LogP contribution is -2.27. The monoisotopic (exact) mass is 316 g/mol. The van der Waals surface area contributed by atoms with Crippen molar-refractivity contribution >= 4 is 10.0 Å². The van der Waals surface area contributed by atoms with E-state index in [2.05, 4.69) is 20.2 Å². The summed E-state index contributed by atoms with van der Waals surface area (Å²) in [6.07, 6.45) is 5.51. The minimum absolute atomic E-state index is 0.158. The molecule has 0 amide bonds. The Balaban J connectivity index is 1.79. The van der Waals surface area contributed by atoms with Gasteiger partial charge in [0.25, 0.3) is 10.0 Å². The molecule has 120 valence electrons. The van der Waals surface area contributed by atoms with Crippen LogP contribution in [0, 0.1) is 0 Å². The lowest BCUT2D eigenvalue weighted by molar-refractivity contribution is 0.133. The maximum Gasteiger partial charge on any atom is 0.257 e. The second-order valence-electron chi connectivity index (χ2n) is 5.24. The molecule has 0 radical (unpaired) electrons. The van der Waals surface area contributed by atoms with Crippen molar-refractivity contribution < 1.29 is 13.2 Å². The Morgan fingerprint density at radius 1 is 1.43 bits per heavy atom. The predicted octanol–water partition coefficient (Wildman–Crippen LogP) is 0.757. The molecule has 0 bridgehead atoms. The third-order valence-corrected chi connectivity index (χ3v) is 4.69. The number of ether oxygens (including phenoxy) is 1. The van der Waals surface area contributed by atoms with Gasteiger partial charge in [0.15, 0.2) is 5.03 Å². The number of nitrogens with one attached hydrogen (secondary N) is 3. The molecule has 0 aliphatic heterocycles. The van der Waals surface area contributed by atoms with Crippen LogP contribution in [0.4, 0.5) is 0 Å². The molecule has 1 aliphatic carbocycles. The Kier molecular flexibility index (Phi) is 6.16. The smallest absolute Gasteiger partial charge is 0.257 e. The van der Waals surface area contributed by atoms with Crippen LogP contribution < -0.4 is 10.0 Å². The minimum atomic E-state index is -3.53. The van der Waals surface area contributed by atoms with E-state index in [4.69, 9.17) is 4.74 Å². The van der Waals surface area contributed by atoms with Crippen molar-refractivity contribution in [2.45, 2.75) is 50.2 Å². The highest BCUT2D eigenvalue weighted by Gasteiger charge is 2.24. The number of aromatic amines is 1. The first-order valence-corrected chi connectivity index (χ1v) is 8.95. The van der Waals surface area contributed by atoms with Crippen LogP contribution in [0.3, 0.4) is 0 Å². The normalized spacial score (nSPS) is 15.5. The van der Waals surface area contributed by atoms with Crippen LogP contribution in [-0.2, 0) is 21.3 Å². The topological polar surface area (TPSA) is 96.1 Å². The van der Waals surface area contributed by atoms with Gasteiger partial charge in [-0.1, -0.05) is 6.92 Å². The van der Waals surface area contributed by atoms with E-state index in [0.29, 0.717) is 44.3 Å². The van der Waals surface area contributed by atoms with E-state index in [1.165, 1.54) is 0 Å². The fourth-order valence-electron chi connectivity index (χ4n) is 1.90. The number of aromatic nitrogens is 2. The Hall–Kier alpha value is -0.960. The molecule has 0 unspecified atom stereocenters. The molecule has 0 aromatic carbocycles. The molecule has 0 spiro atoms. The molecule has 1 aromatic rings. The third kappa shape index (κ3) is 5.39. The summed E-state index contributed by atoms with van der Waals surface area (Å²) in [5, 5.41) is 9.87. The molecule has 2 rings (SSSR count). The third-order valence-electron chi connectivity index (χ3n) is 3.21. The lowest BCUT2D eigenvalue weighted by atomic mass is 10.3. The molecule has 1 fully saturated rings. The van der Waals surface area contributed by atoms with Gasteiger partial charge >= 0.3 is 0 Å². The Labute approximate surface area is 125 Å². The van der Waals surface area contributed by atoms with Gasteiger partial charge in [-0.15, -0.1) is 0 Å². The van der Waals surface area contributed by atoms with Gasteiger partial charge in [0.1, 0.15) is 0 Å². The Bertz CT molecular complexity index is 525. The van der Waals surface area contributed by atoms with E-state index in [0.717, 1.165) is 19.3 Å². The number of sulfonamides is 1. The average Bonchev–Trinajstić information content (AvgIpc) is 3.16. The molecule has 1 saturated carbocycles. The highest BCUT2D eigenvalue weighted by Crippen LogP contribution is 2.20. The summed E-state index contributed by atoms with van der Waals surface area (Å²) < 4.78 is 32.3. The minimum Gasteiger partial charge on any atom is -0.381 e. The second kappa shape index (κ2) is 7.88. The first-order chi connectivity index (χ1) is 10.1. The molecule has 3 N–H and O–H groups in total. The van der Waals surface area contributed by atoms with Crippen LogP contribution in [0.2, 0.25) is 0 Å². The van der Waals surface area contributed by atoms with Gasteiger partial charge in [-0.05, 0) is 25.7 Å². The first kappa shape index (κ1) is 16.4. The van der Waals surface area contributed by atoms with Crippen molar-refractivity contribution in [3.05, 3.63) is 11.8 Å². The summed E-state index contributed by atoms with van der Waals surface area (Å²) in [5.41, 5.74) is 0.677. The molecule has 0 atom stereocenters. The molecule has 21 heavy (non-hydrogen) atoms. The number of rotatable bonds is 11. The molecule has 1 aromatic heterocycles. The highest BCUT2D eigenvalue weighted by atomic mass is 32.2. The maximum atomic E-state index is 12.2. The van der Waals surface area contributed by atoms with E-state index >= 15 is 0 Å². The van der Waals surface area contributed by atoms with Crippen LogP contribution in [0.25, 0.3) is 0 Å². The molecular formula is C13H24N4O3S. The molecule has 1 heterocycles.